The molecule has 0 aliphatic heterocycles. The zero-order chi connectivity index (χ0) is 21.6. The van der Waals surface area contributed by atoms with Crippen LogP contribution in [0.25, 0.3) is 0 Å². The number of nitrogens with one attached hydrogen (secondary N) is 1. The van der Waals surface area contributed by atoms with Crippen LogP contribution in [-0.4, -0.2) is 36.6 Å². The van der Waals surface area contributed by atoms with E-state index in [0.717, 1.165) is 6.07 Å². The number of carbonyl (C=O) groups excluding carboxylic acids is 3. The van der Waals surface area contributed by atoms with Crippen LogP contribution in [-0.2, 0) is 14.3 Å². The Kier molecular flexibility index (Phi) is 6.98. The first-order chi connectivity index (χ1) is 13.6. The molecule has 0 radical (unpaired) electrons. The van der Waals surface area contributed by atoms with E-state index in [-0.39, 0.29) is 17.9 Å². The van der Waals surface area contributed by atoms with E-state index in [0.29, 0.717) is 10.6 Å². The molecule has 0 bridgehead atoms. The molecule has 1 N–H and O–H groups in total. The molecular formula is C20H19F3N2O4. The highest BCUT2D eigenvalue weighted by Crippen LogP contribution is 2.27. The molecule has 2 aromatic carbocycles. The normalized spacial score (nSPS) is 12.0. The number of carbonyl (C=O) groups is 3. The molecule has 2 amide bonds. The summed E-state index contributed by atoms with van der Waals surface area (Å²) >= 11 is 0. The molecule has 9 heteroatoms. The summed E-state index contributed by atoms with van der Waals surface area (Å²) in [4.78, 5) is 36.8. The number of alkyl halides is 3. The summed E-state index contributed by atoms with van der Waals surface area (Å²) in [6.45, 7) is 2.82. The molecule has 2 rings (SSSR count). The summed E-state index contributed by atoms with van der Waals surface area (Å²) in [5.41, 5.74) is 0.0672. The molecule has 0 saturated heterocycles. The summed E-state index contributed by atoms with van der Waals surface area (Å²) in [5.74, 6) is -3.81. The molecule has 0 spiro atoms. The molecule has 0 aliphatic carbocycles. The number of hydrogen-bond acceptors (Lipinski definition) is 4. The van der Waals surface area contributed by atoms with Gasteiger partial charge in [0.25, 0.3) is 0 Å². The highest BCUT2D eigenvalue weighted by molar-refractivity contribution is 6.07. The van der Waals surface area contributed by atoms with Gasteiger partial charge in [-0.3, -0.25) is 14.5 Å². The molecule has 0 aromatic heterocycles. The van der Waals surface area contributed by atoms with Crippen molar-refractivity contribution in [1.82, 2.24) is 0 Å². The van der Waals surface area contributed by atoms with Gasteiger partial charge in [-0.1, -0.05) is 24.3 Å². The van der Waals surface area contributed by atoms with Crippen molar-refractivity contribution < 1.29 is 32.3 Å². The Morgan fingerprint density at radius 1 is 1.07 bits per heavy atom. The monoisotopic (exact) mass is 408 g/mol. The maximum absolute atomic E-state index is 13.2. The quantitative estimate of drug-likeness (QED) is 0.738. The second-order valence-electron chi connectivity index (χ2n) is 5.97. The second-order valence-corrected chi connectivity index (χ2v) is 5.97. The van der Waals surface area contributed by atoms with Crippen LogP contribution >= 0.6 is 0 Å². The molecule has 0 saturated carbocycles. The van der Waals surface area contributed by atoms with Crippen molar-refractivity contribution in [1.29, 1.82) is 0 Å². The first kappa shape index (κ1) is 21.9. The van der Waals surface area contributed by atoms with E-state index < -0.39 is 30.0 Å². The van der Waals surface area contributed by atoms with Crippen LogP contribution in [0.2, 0.25) is 0 Å². The van der Waals surface area contributed by atoms with Gasteiger partial charge in [0.1, 0.15) is 6.04 Å². The van der Waals surface area contributed by atoms with Crippen LogP contribution in [0.15, 0.2) is 54.6 Å². The molecular weight excluding hydrogens is 389 g/mol. The minimum absolute atomic E-state index is 0.0417. The molecule has 154 valence electrons. The fraction of sp³-hybridized carbons (Fsp3) is 0.250. The minimum atomic E-state index is -5.22. The third-order valence-corrected chi connectivity index (χ3v) is 3.90. The van der Waals surface area contributed by atoms with E-state index >= 15 is 0 Å². The van der Waals surface area contributed by atoms with Crippen LogP contribution < -0.4 is 10.2 Å². The number of para-hydroxylation sites is 1. The lowest BCUT2D eigenvalue weighted by molar-refractivity contribution is -0.171. The Bertz CT molecular complexity index is 885. The minimum Gasteiger partial charge on any atom is -0.462 e. The van der Waals surface area contributed by atoms with E-state index in [4.69, 9.17) is 4.74 Å². The van der Waals surface area contributed by atoms with Gasteiger partial charge in [-0.25, -0.2) is 4.79 Å². The Morgan fingerprint density at radius 3 is 2.31 bits per heavy atom. The average molecular weight is 408 g/mol. The number of esters is 1. The smallest absolute Gasteiger partial charge is 0.462 e. The van der Waals surface area contributed by atoms with E-state index in [1.165, 1.54) is 25.1 Å². The van der Waals surface area contributed by atoms with Gasteiger partial charge in [-0.2, -0.15) is 13.2 Å². The summed E-state index contributed by atoms with van der Waals surface area (Å²) in [5, 5.41) is 2.46. The van der Waals surface area contributed by atoms with Crippen LogP contribution in [0.5, 0.6) is 0 Å². The van der Waals surface area contributed by atoms with Gasteiger partial charge >= 0.3 is 18.1 Å². The number of halogens is 3. The molecule has 1 atom stereocenters. The molecule has 0 aliphatic rings. The highest BCUT2D eigenvalue weighted by Gasteiger charge is 2.46. The zero-order valence-corrected chi connectivity index (χ0v) is 15.7. The van der Waals surface area contributed by atoms with Gasteiger partial charge in [0, 0.05) is 11.4 Å². The van der Waals surface area contributed by atoms with Crippen LogP contribution in [0.3, 0.4) is 0 Å². The largest absolute Gasteiger partial charge is 0.471 e. The van der Waals surface area contributed by atoms with E-state index in [1.54, 1.807) is 37.3 Å². The number of benzene rings is 2. The fourth-order valence-electron chi connectivity index (χ4n) is 2.54. The number of amides is 2. The zero-order valence-electron chi connectivity index (χ0n) is 15.7. The van der Waals surface area contributed by atoms with Gasteiger partial charge in [0.2, 0.25) is 5.91 Å². The summed E-state index contributed by atoms with van der Waals surface area (Å²) in [7, 11) is 0. The number of anilines is 2. The Labute approximate surface area is 165 Å². The molecule has 1 unspecified atom stereocenters. The SMILES string of the molecule is CCOC(=O)c1cccc(N(C(=O)C(F)(F)F)C(C)C(=O)Nc2ccccc2)c1. The lowest BCUT2D eigenvalue weighted by Gasteiger charge is -2.29. The van der Waals surface area contributed by atoms with Crippen molar-refractivity contribution in [2.75, 3.05) is 16.8 Å². The van der Waals surface area contributed by atoms with E-state index in [2.05, 4.69) is 5.32 Å². The molecule has 2 aromatic rings. The second kappa shape index (κ2) is 9.22. The third-order valence-electron chi connectivity index (χ3n) is 3.90. The molecule has 6 nitrogen and oxygen atoms in total. The number of hydrogen-bond donors (Lipinski definition) is 1. The molecule has 0 heterocycles. The van der Waals surface area contributed by atoms with Crippen molar-refractivity contribution in [3.05, 3.63) is 60.2 Å². The molecule has 29 heavy (non-hydrogen) atoms. The van der Waals surface area contributed by atoms with Crippen molar-refractivity contribution >= 4 is 29.2 Å². The van der Waals surface area contributed by atoms with Crippen LogP contribution in [0.4, 0.5) is 24.5 Å². The highest BCUT2D eigenvalue weighted by atomic mass is 19.4. The maximum Gasteiger partial charge on any atom is 0.471 e. The number of ether oxygens (including phenoxy) is 1. The number of nitrogens with zero attached hydrogens (tertiary/aromatic N) is 1. The summed E-state index contributed by atoms with van der Waals surface area (Å²) in [6, 6.07) is 11.5. The first-order valence-electron chi connectivity index (χ1n) is 8.68. The van der Waals surface area contributed by atoms with Gasteiger partial charge in [-0.15, -0.1) is 0 Å². The van der Waals surface area contributed by atoms with E-state index in [9.17, 15) is 27.6 Å². The molecule has 0 fully saturated rings. The lowest BCUT2D eigenvalue weighted by atomic mass is 10.1. The lowest BCUT2D eigenvalue weighted by Crippen LogP contribution is -2.51. The number of rotatable bonds is 6. The van der Waals surface area contributed by atoms with Gasteiger partial charge in [-0.05, 0) is 44.2 Å². The Hall–Kier alpha value is -3.36. The first-order valence-corrected chi connectivity index (χ1v) is 8.68. The average Bonchev–Trinajstić information content (AvgIpc) is 2.68. The fourth-order valence-corrected chi connectivity index (χ4v) is 2.54. The van der Waals surface area contributed by atoms with Gasteiger partial charge in [0.15, 0.2) is 0 Å². The van der Waals surface area contributed by atoms with Gasteiger partial charge in [0.05, 0.1) is 12.2 Å². The van der Waals surface area contributed by atoms with Crippen LogP contribution in [0.1, 0.15) is 24.2 Å². The Morgan fingerprint density at radius 2 is 1.72 bits per heavy atom. The van der Waals surface area contributed by atoms with Crippen LogP contribution in [0, 0.1) is 0 Å². The van der Waals surface area contributed by atoms with Crippen molar-refractivity contribution in [3.63, 3.8) is 0 Å². The predicted octanol–water partition coefficient (Wildman–Crippen LogP) is 3.79. The maximum atomic E-state index is 13.2. The van der Waals surface area contributed by atoms with E-state index in [1.807, 2.05) is 0 Å². The van der Waals surface area contributed by atoms with Crippen molar-refractivity contribution in [2.24, 2.45) is 0 Å². The topological polar surface area (TPSA) is 75.7 Å². The Balaban J connectivity index is 2.39. The van der Waals surface area contributed by atoms with Crippen molar-refractivity contribution in [3.8, 4) is 0 Å². The van der Waals surface area contributed by atoms with Gasteiger partial charge < -0.3 is 10.1 Å². The standard InChI is InChI=1S/C20H19F3N2O4/c1-3-29-18(27)14-8-7-11-16(12-14)25(19(28)20(21,22)23)13(2)17(26)24-15-9-5-4-6-10-15/h4-13H,3H2,1-2H3,(H,24,26). The summed E-state index contributed by atoms with van der Waals surface area (Å²) in [6.07, 6.45) is -5.22. The summed E-state index contributed by atoms with van der Waals surface area (Å²) < 4.78 is 44.4. The van der Waals surface area contributed by atoms with Crippen molar-refractivity contribution in [2.45, 2.75) is 26.1 Å². The third kappa shape index (κ3) is 5.56. The predicted molar refractivity (Wildman–Crippen MR) is 100 cm³/mol.